The second-order valence-corrected chi connectivity index (χ2v) is 3.61. The highest BCUT2D eigenvalue weighted by Gasteiger charge is 2.11. The summed E-state index contributed by atoms with van der Waals surface area (Å²) in [6.45, 7) is 4.46. The first-order chi connectivity index (χ1) is 7.06. The monoisotopic (exact) mass is 207 g/mol. The van der Waals surface area contributed by atoms with Crippen LogP contribution in [0.15, 0.2) is 18.2 Å². The van der Waals surface area contributed by atoms with Gasteiger partial charge in [0, 0.05) is 19.7 Å². The summed E-state index contributed by atoms with van der Waals surface area (Å²) in [6, 6.07) is 5.58. The molecule has 0 unspecified atom stereocenters. The zero-order valence-corrected chi connectivity index (χ0v) is 9.70. The van der Waals surface area contributed by atoms with Crippen molar-refractivity contribution in [1.29, 1.82) is 0 Å². The van der Waals surface area contributed by atoms with Crippen LogP contribution in [0, 0.1) is 6.92 Å². The summed E-state index contributed by atoms with van der Waals surface area (Å²) in [5.74, 6) is 0.752. The fraction of sp³-hybridized carbons (Fsp3) is 0.417. The van der Waals surface area contributed by atoms with E-state index in [0.29, 0.717) is 12.2 Å². The standard InChI is InChI=1S/C12H17NO2/c1-5-15-10-7-6-9(2)11(8-10)12(14)13(3)4/h6-8H,5H2,1-4H3. The van der Waals surface area contributed by atoms with E-state index in [1.54, 1.807) is 25.1 Å². The van der Waals surface area contributed by atoms with Gasteiger partial charge in [0.1, 0.15) is 5.75 Å². The van der Waals surface area contributed by atoms with Gasteiger partial charge in [0.25, 0.3) is 5.91 Å². The van der Waals surface area contributed by atoms with Crippen LogP contribution in [0.5, 0.6) is 5.75 Å². The van der Waals surface area contributed by atoms with Crippen LogP contribution in [0.25, 0.3) is 0 Å². The van der Waals surface area contributed by atoms with E-state index in [0.717, 1.165) is 11.3 Å². The van der Waals surface area contributed by atoms with Crippen molar-refractivity contribution in [2.45, 2.75) is 13.8 Å². The Hall–Kier alpha value is -1.51. The van der Waals surface area contributed by atoms with Gasteiger partial charge in [0.2, 0.25) is 0 Å². The topological polar surface area (TPSA) is 29.5 Å². The van der Waals surface area contributed by atoms with Gasteiger partial charge in [0.05, 0.1) is 6.61 Å². The van der Waals surface area contributed by atoms with E-state index in [1.165, 1.54) is 0 Å². The minimum absolute atomic E-state index is 0.00838. The van der Waals surface area contributed by atoms with E-state index in [-0.39, 0.29) is 5.91 Å². The number of hydrogen-bond donors (Lipinski definition) is 0. The smallest absolute Gasteiger partial charge is 0.253 e. The summed E-state index contributed by atoms with van der Waals surface area (Å²) in [5, 5.41) is 0. The maximum absolute atomic E-state index is 11.8. The van der Waals surface area contributed by atoms with E-state index in [2.05, 4.69) is 0 Å². The number of rotatable bonds is 3. The Balaban J connectivity index is 3.05. The van der Waals surface area contributed by atoms with Gasteiger partial charge in [-0.1, -0.05) is 6.07 Å². The third-order valence-corrected chi connectivity index (χ3v) is 2.16. The molecule has 1 amide bonds. The van der Waals surface area contributed by atoms with Crippen LogP contribution in [0.4, 0.5) is 0 Å². The zero-order valence-electron chi connectivity index (χ0n) is 9.70. The Morgan fingerprint density at radius 1 is 1.40 bits per heavy atom. The highest BCUT2D eigenvalue weighted by atomic mass is 16.5. The third kappa shape index (κ3) is 2.72. The van der Waals surface area contributed by atoms with E-state index in [1.807, 2.05) is 26.0 Å². The number of nitrogens with zero attached hydrogens (tertiary/aromatic N) is 1. The molecule has 0 aliphatic rings. The average molecular weight is 207 g/mol. The van der Waals surface area contributed by atoms with Gasteiger partial charge in [-0.05, 0) is 31.5 Å². The predicted octanol–water partition coefficient (Wildman–Crippen LogP) is 2.10. The number of aryl methyl sites for hydroxylation is 1. The van der Waals surface area contributed by atoms with E-state index >= 15 is 0 Å². The number of ether oxygens (including phenoxy) is 1. The second kappa shape index (κ2) is 4.82. The molecule has 3 heteroatoms. The van der Waals surface area contributed by atoms with Crippen LogP contribution in [0.3, 0.4) is 0 Å². The Labute approximate surface area is 90.7 Å². The Morgan fingerprint density at radius 3 is 2.60 bits per heavy atom. The Bertz CT molecular complexity index is 359. The van der Waals surface area contributed by atoms with Gasteiger partial charge in [-0.2, -0.15) is 0 Å². The minimum atomic E-state index is 0.00838. The maximum Gasteiger partial charge on any atom is 0.253 e. The van der Waals surface area contributed by atoms with Crippen LogP contribution >= 0.6 is 0 Å². The number of carbonyl (C=O) groups excluding carboxylic acids is 1. The highest BCUT2D eigenvalue weighted by molar-refractivity contribution is 5.95. The Morgan fingerprint density at radius 2 is 2.07 bits per heavy atom. The lowest BCUT2D eigenvalue weighted by molar-refractivity contribution is 0.0826. The number of benzene rings is 1. The normalized spacial score (nSPS) is 9.87. The van der Waals surface area contributed by atoms with Gasteiger partial charge in [-0.15, -0.1) is 0 Å². The molecule has 0 fully saturated rings. The fourth-order valence-electron chi connectivity index (χ4n) is 1.33. The van der Waals surface area contributed by atoms with Gasteiger partial charge >= 0.3 is 0 Å². The summed E-state index contributed by atoms with van der Waals surface area (Å²) < 4.78 is 5.36. The minimum Gasteiger partial charge on any atom is -0.494 e. The van der Waals surface area contributed by atoms with Gasteiger partial charge in [-0.3, -0.25) is 4.79 Å². The molecule has 0 aromatic heterocycles. The lowest BCUT2D eigenvalue weighted by Crippen LogP contribution is -2.22. The molecular formula is C12H17NO2. The van der Waals surface area contributed by atoms with Crippen LogP contribution < -0.4 is 4.74 Å². The highest BCUT2D eigenvalue weighted by Crippen LogP contribution is 2.18. The van der Waals surface area contributed by atoms with Crippen molar-refractivity contribution < 1.29 is 9.53 Å². The molecule has 0 spiro atoms. The van der Waals surface area contributed by atoms with Crippen molar-refractivity contribution in [2.24, 2.45) is 0 Å². The number of hydrogen-bond acceptors (Lipinski definition) is 2. The van der Waals surface area contributed by atoms with E-state index in [4.69, 9.17) is 4.74 Å². The third-order valence-electron chi connectivity index (χ3n) is 2.16. The summed E-state index contributed by atoms with van der Waals surface area (Å²) in [5.41, 5.74) is 1.67. The van der Waals surface area contributed by atoms with Crippen molar-refractivity contribution in [1.82, 2.24) is 4.90 Å². The molecule has 15 heavy (non-hydrogen) atoms. The lowest BCUT2D eigenvalue weighted by atomic mass is 10.1. The Kier molecular flexibility index (Phi) is 3.72. The molecule has 0 bridgehead atoms. The summed E-state index contributed by atoms with van der Waals surface area (Å²) in [7, 11) is 3.49. The molecular weight excluding hydrogens is 190 g/mol. The molecule has 82 valence electrons. The van der Waals surface area contributed by atoms with Crippen LogP contribution in [-0.2, 0) is 0 Å². The summed E-state index contributed by atoms with van der Waals surface area (Å²) >= 11 is 0. The van der Waals surface area contributed by atoms with Crippen molar-refractivity contribution in [3.63, 3.8) is 0 Å². The van der Waals surface area contributed by atoms with Crippen LogP contribution in [0.1, 0.15) is 22.8 Å². The van der Waals surface area contributed by atoms with Gasteiger partial charge in [0.15, 0.2) is 0 Å². The molecule has 0 N–H and O–H groups in total. The predicted molar refractivity (Wildman–Crippen MR) is 60.4 cm³/mol. The van der Waals surface area contributed by atoms with Crippen LogP contribution in [0.2, 0.25) is 0 Å². The zero-order chi connectivity index (χ0) is 11.4. The SMILES string of the molecule is CCOc1ccc(C)c(C(=O)N(C)C)c1. The molecule has 0 aliphatic carbocycles. The molecule has 0 heterocycles. The van der Waals surface area contributed by atoms with Crippen molar-refractivity contribution in [2.75, 3.05) is 20.7 Å². The molecule has 1 rings (SSSR count). The second-order valence-electron chi connectivity index (χ2n) is 3.61. The van der Waals surface area contributed by atoms with Gasteiger partial charge < -0.3 is 9.64 Å². The molecule has 0 saturated heterocycles. The molecule has 3 nitrogen and oxygen atoms in total. The molecule has 0 atom stereocenters. The molecule has 0 aliphatic heterocycles. The van der Waals surface area contributed by atoms with Crippen molar-refractivity contribution >= 4 is 5.91 Å². The van der Waals surface area contributed by atoms with E-state index in [9.17, 15) is 4.79 Å². The number of amides is 1. The summed E-state index contributed by atoms with van der Waals surface area (Å²) in [4.78, 5) is 13.4. The molecule has 0 saturated carbocycles. The van der Waals surface area contributed by atoms with Crippen LogP contribution in [-0.4, -0.2) is 31.5 Å². The number of carbonyl (C=O) groups is 1. The first-order valence-corrected chi connectivity index (χ1v) is 5.01. The maximum atomic E-state index is 11.8. The van der Waals surface area contributed by atoms with Crippen molar-refractivity contribution in [3.05, 3.63) is 29.3 Å². The summed E-state index contributed by atoms with van der Waals surface area (Å²) in [6.07, 6.45) is 0. The molecule has 1 aromatic rings. The fourth-order valence-corrected chi connectivity index (χ4v) is 1.33. The largest absolute Gasteiger partial charge is 0.494 e. The molecule has 0 radical (unpaired) electrons. The first kappa shape index (κ1) is 11.6. The van der Waals surface area contributed by atoms with Crippen molar-refractivity contribution in [3.8, 4) is 5.75 Å². The van der Waals surface area contributed by atoms with E-state index < -0.39 is 0 Å². The van der Waals surface area contributed by atoms with Gasteiger partial charge in [-0.25, -0.2) is 0 Å². The average Bonchev–Trinajstić information content (AvgIpc) is 2.20. The molecule has 1 aromatic carbocycles. The quantitative estimate of drug-likeness (QED) is 0.759. The first-order valence-electron chi connectivity index (χ1n) is 5.01. The lowest BCUT2D eigenvalue weighted by Gasteiger charge is -2.13.